The van der Waals surface area contributed by atoms with Crippen LogP contribution in [0.2, 0.25) is 10.0 Å². The molecule has 2 rings (SSSR count). The van der Waals surface area contributed by atoms with Gasteiger partial charge in [-0.15, -0.1) is 0 Å². The van der Waals surface area contributed by atoms with E-state index in [1.165, 1.54) is 18.2 Å². The molecule has 0 bridgehead atoms. The molecular weight excluding hydrogens is 325 g/mol. The fraction of sp³-hybridized carbons (Fsp3) is 0.417. The highest BCUT2D eigenvalue weighted by Crippen LogP contribution is 2.32. The molecule has 110 valence electrons. The number of carbonyl (C=O) groups is 1. The first-order chi connectivity index (χ1) is 9.29. The van der Waals surface area contributed by atoms with E-state index in [9.17, 15) is 13.2 Å². The monoisotopic (exact) mass is 337 g/mol. The van der Waals surface area contributed by atoms with Gasteiger partial charge in [0.2, 0.25) is 10.0 Å². The Bertz CT molecular complexity index is 608. The molecule has 0 heterocycles. The molecular formula is C12H13Cl2NO4S. The highest BCUT2D eigenvalue weighted by molar-refractivity contribution is 7.89. The molecule has 20 heavy (non-hydrogen) atoms. The van der Waals surface area contributed by atoms with Crippen molar-refractivity contribution >= 4 is 39.2 Å². The molecule has 1 aliphatic carbocycles. The zero-order valence-electron chi connectivity index (χ0n) is 10.4. The second-order valence-electron chi connectivity index (χ2n) is 4.74. The van der Waals surface area contributed by atoms with Crippen molar-refractivity contribution in [3.05, 3.63) is 28.2 Å². The van der Waals surface area contributed by atoms with Gasteiger partial charge in [-0.25, -0.2) is 8.42 Å². The van der Waals surface area contributed by atoms with Gasteiger partial charge in [0.25, 0.3) is 0 Å². The lowest BCUT2D eigenvalue weighted by Gasteiger charge is -2.20. The predicted molar refractivity (Wildman–Crippen MR) is 75.6 cm³/mol. The number of sulfonamides is 1. The van der Waals surface area contributed by atoms with E-state index in [4.69, 9.17) is 28.3 Å². The van der Waals surface area contributed by atoms with E-state index in [0.717, 1.165) is 17.1 Å². The van der Waals surface area contributed by atoms with Crippen LogP contribution in [0.25, 0.3) is 0 Å². The van der Waals surface area contributed by atoms with Gasteiger partial charge in [-0.2, -0.15) is 4.31 Å². The molecule has 0 aliphatic heterocycles. The zero-order chi connectivity index (χ0) is 14.9. The summed E-state index contributed by atoms with van der Waals surface area (Å²) in [6, 6.07) is 3.96. The fourth-order valence-electron chi connectivity index (χ4n) is 1.81. The first kappa shape index (κ1) is 15.6. The molecule has 1 saturated carbocycles. The maximum absolute atomic E-state index is 12.5. The molecule has 0 saturated heterocycles. The molecule has 0 atom stereocenters. The number of rotatable bonds is 6. The van der Waals surface area contributed by atoms with Gasteiger partial charge in [0.15, 0.2) is 0 Å². The summed E-state index contributed by atoms with van der Waals surface area (Å²) >= 11 is 11.6. The van der Waals surface area contributed by atoms with Crippen LogP contribution >= 0.6 is 23.2 Å². The summed E-state index contributed by atoms with van der Waals surface area (Å²) < 4.78 is 25.9. The molecule has 1 N–H and O–H groups in total. The van der Waals surface area contributed by atoms with Crippen molar-refractivity contribution < 1.29 is 18.3 Å². The minimum absolute atomic E-state index is 0.0862. The lowest BCUT2D eigenvalue weighted by atomic mass is 10.4. The second kappa shape index (κ2) is 5.89. The van der Waals surface area contributed by atoms with Crippen LogP contribution in [0.5, 0.6) is 0 Å². The van der Waals surface area contributed by atoms with Gasteiger partial charge in [-0.1, -0.05) is 23.2 Å². The van der Waals surface area contributed by atoms with Crippen molar-refractivity contribution in [1.82, 2.24) is 4.31 Å². The third kappa shape index (κ3) is 3.85. The normalized spacial score (nSPS) is 15.6. The number of aliphatic carboxylic acids is 1. The van der Waals surface area contributed by atoms with Crippen molar-refractivity contribution in [2.45, 2.75) is 17.7 Å². The molecule has 0 aromatic heterocycles. The van der Waals surface area contributed by atoms with Crippen molar-refractivity contribution in [2.75, 3.05) is 13.1 Å². The van der Waals surface area contributed by atoms with Gasteiger partial charge in [-0.3, -0.25) is 4.79 Å². The molecule has 5 nitrogen and oxygen atoms in total. The predicted octanol–water partition coefficient (Wildman–Crippen LogP) is 2.48. The van der Waals surface area contributed by atoms with Gasteiger partial charge < -0.3 is 5.11 Å². The van der Waals surface area contributed by atoms with Crippen LogP contribution in [0.15, 0.2) is 23.1 Å². The SMILES string of the molecule is O=C(O)CN(CC1CC1)S(=O)(=O)c1cc(Cl)cc(Cl)c1. The van der Waals surface area contributed by atoms with Crippen LogP contribution in [0, 0.1) is 5.92 Å². The third-order valence-electron chi connectivity index (χ3n) is 2.94. The van der Waals surface area contributed by atoms with E-state index in [-0.39, 0.29) is 27.4 Å². The summed E-state index contributed by atoms with van der Waals surface area (Å²) in [4.78, 5) is 10.8. The fourth-order valence-corrected chi connectivity index (χ4v) is 4.01. The maximum Gasteiger partial charge on any atom is 0.318 e. The van der Waals surface area contributed by atoms with Crippen LogP contribution < -0.4 is 0 Å². The molecule has 8 heteroatoms. The number of hydrogen-bond donors (Lipinski definition) is 1. The summed E-state index contributed by atoms with van der Waals surface area (Å²) in [7, 11) is -3.91. The highest BCUT2D eigenvalue weighted by atomic mass is 35.5. The van der Waals surface area contributed by atoms with E-state index in [1.54, 1.807) is 0 Å². The Balaban J connectivity index is 2.34. The van der Waals surface area contributed by atoms with Crippen LogP contribution in [-0.2, 0) is 14.8 Å². The number of nitrogens with zero attached hydrogens (tertiary/aromatic N) is 1. The minimum atomic E-state index is -3.91. The molecule has 0 spiro atoms. The first-order valence-corrected chi connectivity index (χ1v) is 8.16. The maximum atomic E-state index is 12.5. The van der Waals surface area contributed by atoms with Crippen molar-refractivity contribution in [2.24, 2.45) is 5.92 Å². The van der Waals surface area contributed by atoms with Crippen molar-refractivity contribution in [1.29, 1.82) is 0 Å². The summed E-state index contributed by atoms with van der Waals surface area (Å²) in [5, 5.41) is 9.26. The van der Waals surface area contributed by atoms with E-state index < -0.39 is 22.5 Å². The molecule has 1 aromatic carbocycles. The summed E-state index contributed by atoms with van der Waals surface area (Å²) in [6.07, 6.45) is 1.84. The molecule has 0 unspecified atom stereocenters. The molecule has 1 fully saturated rings. The van der Waals surface area contributed by atoms with Gasteiger partial charge in [0, 0.05) is 16.6 Å². The molecule has 0 radical (unpaired) electrons. The average molecular weight is 338 g/mol. The Labute approximate surface area is 127 Å². The van der Waals surface area contributed by atoms with Crippen LogP contribution in [0.4, 0.5) is 0 Å². The molecule has 1 aliphatic rings. The number of benzene rings is 1. The quantitative estimate of drug-likeness (QED) is 0.865. The van der Waals surface area contributed by atoms with Crippen molar-refractivity contribution in [3.63, 3.8) is 0 Å². The first-order valence-electron chi connectivity index (χ1n) is 5.97. The highest BCUT2D eigenvalue weighted by Gasteiger charge is 2.33. The van der Waals surface area contributed by atoms with Crippen molar-refractivity contribution in [3.8, 4) is 0 Å². The van der Waals surface area contributed by atoms with Crippen LogP contribution in [0.1, 0.15) is 12.8 Å². The lowest BCUT2D eigenvalue weighted by molar-refractivity contribution is -0.137. The van der Waals surface area contributed by atoms with Gasteiger partial charge in [0.05, 0.1) is 4.90 Å². The summed E-state index contributed by atoms with van der Waals surface area (Å²) in [5.41, 5.74) is 0. The number of carboxylic acid groups (broad SMARTS) is 1. The van der Waals surface area contributed by atoms with Gasteiger partial charge in [-0.05, 0) is 37.0 Å². The van der Waals surface area contributed by atoms with E-state index in [0.29, 0.717) is 0 Å². The van der Waals surface area contributed by atoms with Gasteiger partial charge >= 0.3 is 5.97 Å². The Morgan fingerprint density at radius 3 is 2.25 bits per heavy atom. The third-order valence-corrected chi connectivity index (χ3v) is 5.17. The minimum Gasteiger partial charge on any atom is -0.480 e. The Morgan fingerprint density at radius 2 is 1.80 bits per heavy atom. The lowest BCUT2D eigenvalue weighted by Crippen LogP contribution is -2.37. The Morgan fingerprint density at radius 1 is 1.25 bits per heavy atom. The topological polar surface area (TPSA) is 74.7 Å². The number of carboxylic acids is 1. The average Bonchev–Trinajstić information content (AvgIpc) is 3.10. The Kier molecular flexibility index (Phi) is 4.59. The Hall–Kier alpha value is -0.820. The smallest absolute Gasteiger partial charge is 0.318 e. The number of hydrogen-bond acceptors (Lipinski definition) is 3. The number of halogens is 2. The van der Waals surface area contributed by atoms with E-state index in [1.807, 2.05) is 0 Å². The largest absolute Gasteiger partial charge is 0.480 e. The van der Waals surface area contributed by atoms with E-state index in [2.05, 4.69) is 0 Å². The summed E-state index contributed by atoms with van der Waals surface area (Å²) in [6.45, 7) is -0.359. The van der Waals surface area contributed by atoms with Crippen LogP contribution in [-0.4, -0.2) is 36.9 Å². The summed E-state index contributed by atoms with van der Waals surface area (Å²) in [5.74, 6) is -0.957. The zero-order valence-corrected chi connectivity index (χ0v) is 12.7. The standard InChI is InChI=1S/C12H13Cl2NO4S/c13-9-3-10(14)5-11(4-9)20(18,19)15(7-12(16)17)6-8-1-2-8/h3-5,8H,1-2,6-7H2,(H,16,17). The van der Waals surface area contributed by atoms with Crippen LogP contribution in [0.3, 0.4) is 0 Å². The van der Waals surface area contributed by atoms with E-state index >= 15 is 0 Å². The molecule has 0 amide bonds. The second-order valence-corrected chi connectivity index (χ2v) is 7.55. The van der Waals surface area contributed by atoms with Gasteiger partial charge in [0.1, 0.15) is 6.54 Å². The molecule has 1 aromatic rings.